The maximum Gasteiger partial charge on any atom is 0.325 e. The van der Waals surface area contributed by atoms with E-state index in [1.165, 1.54) is 6.07 Å². The fourth-order valence-corrected chi connectivity index (χ4v) is 0.776. The van der Waals surface area contributed by atoms with Crippen molar-refractivity contribution in [2.24, 2.45) is 0 Å². The van der Waals surface area contributed by atoms with Gasteiger partial charge in [-0.3, -0.25) is 4.79 Å². The van der Waals surface area contributed by atoms with E-state index in [2.05, 4.69) is 5.10 Å². The maximum absolute atomic E-state index is 10.2. The molecule has 5 heteroatoms. The Labute approximate surface area is 62.9 Å². The summed E-state index contributed by atoms with van der Waals surface area (Å²) in [5.74, 6) is -1.15. The average molecular weight is 156 g/mol. The van der Waals surface area contributed by atoms with Gasteiger partial charge in [-0.1, -0.05) is 0 Å². The number of aromatic hydroxyl groups is 1. The van der Waals surface area contributed by atoms with Gasteiger partial charge in [-0.25, -0.2) is 4.68 Å². The molecule has 1 heterocycles. The number of aliphatic carboxylic acids is 1. The molecule has 0 spiro atoms. The molecular formula is C6H8N2O3. The van der Waals surface area contributed by atoms with Gasteiger partial charge in [0.05, 0.1) is 5.69 Å². The molecule has 0 unspecified atom stereocenters. The first-order chi connectivity index (χ1) is 5.09. The van der Waals surface area contributed by atoms with Crippen molar-refractivity contribution in [3.8, 4) is 5.88 Å². The summed E-state index contributed by atoms with van der Waals surface area (Å²) < 4.78 is 1.03. The van der Waals surface area contributed by atoms with Crippen LogP contribution in [-0.4, -0.2) is 26.0 Å². The van der Waals surface area contributed by atoms with Crippen LogP contribution in [0.5, 0.6) is 5.88 Å². The number of carboxylic acids is 1. The number of carbonyl (C=O) groups is 1. The molecule has 0 saturated carbocycles. The van der Waals surface area contributed by atoms with E-state index < -0.39 is 5.97 Å². The molecule has 0 aliphatic heterocycles. The van der Waals surface area contributed by atoms with Crippen LogP contribution < -0.4 is 0 Å². The number of rotatable bonds is 2. The van der Waals surface area contributed by atoms with Crippen molar-refractivity contribution in [1.82, 2.24) is 9.78 Å². The predicted octanol–water partition coefficient (Wildman–Crippen LogP) is -0.0183. The van der Waals surface area contributed by atoms with Gasteiger partial charge >= 0.3 is 5.97 Å². The van der Waals surface area contributed by atoms with Crippen molar-refractivity contribution in [3.63, 3.8) is 0 Å². The topological polar surface area (TPSA) is 75.4 Å². The molecule has 11 heavy (non-hydrogen) atoms. The van der Waals surface area contributed by atoms with Crippen molar-refractivity contribution in [3.05, 3.63) is 11.8 Å². The molecule has 1 aromatic heterocycles. The highest BCUT2D eigenvalue weighted by atomic mass is 16.4. The zero-order chi connectivity index (χ0) is 8.43. The minimum Gasteiger partial charge on any atom is -0.493 e. The molecule has 0 aliphatic rings. The maximum atomic E-state index is 10.2. The molecule has 0 aromatic carbocycles. The molecule has 5 nitrogen and oxygen atoms in total. The second kappa shape index (κ2) is 2.61. The Morgan fingerprint density at radius 2 is 2.45 bits per heavy atom. The van der Waals surface area contributed by atoms with Crippen molar-refractivity contribution in [1.29, 1.82) is 0 Å². The molecule has 1 aromatic rings. The summed E-state index contributed by atoms with van der Waals surface area (Å²) in [6.07, 6.45) is 0. The summed E-state index contributed by atoms with van der Waals surface area (Å²) in [4.78, 5) is 10.2. The van der Waals surface area contributed by atoms with Crippen LogP contribution >= 0.6 is 0 Å². The number of hydrogen-bond donors (Lipinski definition) is 2. The van der Waals surface area contributed by atoms with Crippen molar-refractivity contribution >= 4 is 5.97 Å². The van der Waals surface area contributed by atoms with Gasteiger partial charge < -0.3 is 10.2 Å². The number of nitrogens with zero attached hydrogens (tertiary/aromatic N) is 2. The zero-order valence-electron chi connectivity index (χ0n) is 5.98. The predicted molar refractivity (Wildman–Crippen MR) is 36.3 cm³/mol. The van der Waals surface area contributed by atoms with Crippen LogP contribution in [-0.2, 0) is 11.3 Å². The van der Waals surface area contributed by atoms with Gasteiger partial charge in [0.15, 0.2) is 0 Å². The highest BCUT2D eigenvalue weighted by Gasteiger charge is 2.05. The first-order valence-corrected chi connectivity index (χ1v) is 3.05. The highest BCUT2D eigenvalue weighted by molar-refractivity contribution is 5.66. The summed E-state index contributed by atoms with van der Waals surface area (Å²) in [5.41, 5.74) is 0.601. The van der Waals surface area contributed by atoms with Gasteiger partial charge in [0.25, 0.3) is 0 Å². The third-order valence-electron chi connectivity index (χ3n) is 1.17. The lowest BCUT2D eigenvalue weighted by molar-refractivity contribution is -0.138. The lowest BCUT2D eigenvalue weighted by Gasteiger charge is -1.95. The molecule has 2 N–H and O–H groups in total. The summed E-state index contributed by atoms with van der Waals surface area (Å²) in [5, 5.41) is 21.1. The van der Waals surface area contributed by atoms with E-state index in [0.717, 1.165) is 4.68 Å². The number of aryl methyl sites for hydroxylation is 1. The fraction of sp³-hybridized carbons (Fsp3) is 0.333. The van der Waals surface area contributed by atoms with Gasteiger partial charge in [0.2, 0.25) is 5.88 Å². The average Bonchev–Trinajstić information content (AvgIpc) is 2.09. The van der Waals surface area contributed by atoms with Crippen molar-refractivity contribution in [2.75, 3.05) is 0 Å². The van der Waals surface area contributed by atoms with Crippen molar-refractivity contribution in [2.45, 2.75) is 13.5 Å². The smallest absolute Gasteiger partial charge is 0.325 e. The van der Waals surface area contributed by atoms with Crippen LogP contribution in [0.25, 0.3) is 0 Å². The molecule has 1 rings (SSSR count). The SMILES string of the molecule is Cc1cc(O)n(CC(=O)O)n1. The lowest BCUT2D eigenvalue weighted by atomic mass is 10.5. The molecule has 0 bridgehead atoms. The van der Waals surface area contributed by atoms with Gasteiger partial charge in [-0.15, -0.1) is 0 Å². The van der Waals surface area contributed by atoms with Crippen LogP contribution in [0.2, 0.25) is 0 Å². The Morgan fingerprint density at radius 1 is 1.82 bits per heavy atom. The molecule has 0 radical (unpaired) electrons. The third kappa shape index (κ3) is 1.70. The highest BCUT2D eigenvalue weighted by Crippen LogP contribution is 2.09. The standard InChI is InChI=1S/C6H8N2O3/c1-4-2-5(9)8(7-4)3-6(10)11/h2,9H,3H2,1H3,(H,10,11). The third-order valence-corrected chi connectivity index (χ3v) is 1.17. The quantitative estimate of drug-likeness (QED) is 0.631. The minimum atomic E-state index is -1.02. The second-order valence-corrected chi connectivity index (χ2v) is 2.20. The Hall–Kier alpha value is -1.52. The van der Waals surface area contributed by atoms with E-state index in [1.807, 2.05) is 0 Å². The van der Waals surface area contributed by atoms with Gasteiger partial charge in [-0.2, -0.15) is 5.10 Å². The largest absolute Gasteiger partial charge is 0.493 e. The normalized spacial score (nSPS) is 9.91. The summed E-state index contributed by atoms with van der Waals surface area (Å²) >= 11 is 0. The van der Waals surface area contributed by atoms with E-state index >= 15 is 0 Å². The fourth-order valence-electron chi connectivity index (χ4n) is 0.776. The van der Waals surface area contributed by atoms with Crippen LogP contribution in [0, 0.1) is 6.92 Å². The number of aromatic nitrogens is 2. The molecule has 0 amide bonds. The molecular weight excluding hydrogens is 148 g/mol. The molecule has 60 valence electrons. The Kier molecular flexibility index (Phi) is 1.80. The van der Waals surface area contributed by atoms with Gasteiger partial charge in [-0.05, 0) is 6.92 Å². The number of hydrogen-bond acceptors (Lipinski definition) is 3. The first kappa shape index (κ1) is 7.59. The van der Waals surface area contributed by atoms with Crippen molar-refractivity contribution < 1.29 is 15.0 Å². The lowest BCUT2D eigenvalue weighted by Crippen LogP contribution is -2.09. The van der Waals surface area contributed by atoms with Crippen LogP contribution in [0.3, 0.4) is 0 Å². The summed E-state index contributed by atoms with van der Waals surface area (Å²) in [6.45, 7) is 1.37. The van der Waals surface area contributed by atoms with E-state index in [1.54, 1.807) is 6.92 Å². The zero-order valence-corrected chi connectivity index (χ0v) is 5.98. The van der Waals surface area contributed by atoms with Crippen LogP contribution in [0.1, 0.15) is 5.69 Å². The van der Waals surface area contributed by atoms with E-state index in [4.69, 9.17) is 10.2 Å². The van der Waals surface area contributed by atoms with E-state index in [9.17, 15) is 4.79 Å². The Morgan fingerprint density at radius 3 is 2.82 bits per heavy atom. The van der Waals surface area contributed by atoms with Gasteiger partial charge in [0, 0.05) is 6.07 Å². The van der Waals surface area contributed by atoms with Crippen LogP contribution in [0.4, 0.5) is 0 Å². The molecule has 0 atom stereocenters. The van der Waals surface area contributed by atoms with Crippen LogP contribution in [0.15, 0.2) is 6.07 Å². The molecule has 0 saturated heterocycles. The monoisotopic (exact) mass is 156 g/mol. The number of carboxylic acid groups (broad SMARTS) is 1. The molecule has 0 fully saturated rings. The van der Waals surface area contributed by atoms with E-state index in [0.29, 0.717) is 5.69 Å². The van der Waals surface area contributed by atoms with Gasteiger partial charge in [0.1, 0.15) is 6.54 Å². The second-order valence-electron chi connectivity index (χ2n) is 2.20. The first-order valence-electron chi connectivity index (χ1n) is 3.05. The summed E-state index contributed by atoms with van der Waals surface area (Å²) in [7, 11) is 0. The Bertz CT molecular complexity index is 279. The van der Waals surface area contributed by atoms with E-state index in [-0.39, 0.29) is 12.4 Å². The summed E-state index contributed by atoms with van der Waals surface area (Å²) in [6, 6.07) is 1.41. The Balaban J connectivity index is 2.85. The minimum absolute atomic E-state index is 0.120. The molecule has 0 aliphatic carbocycles.